The Kier molecular flexibility index (Phi) is 5.14. The lowest BCUT2D eigenvalue weighted by molar-refractivity contribution is 0.102. The molecule has 7 heteroatoms. The zero-order valence-corrected chi connectivity index (χ0v) is 14.9. The topological polar surface area (TPSA) is 66.9 Å². The summed E-state index contributed by atoms with van der Waals surface area (Å²) >= 11 is 6.12. The molecule has 0 spiro atoms. The van der Waals surface area contributed by atoms with E-state index in [1.165, 1.54) is 24.3 Å². The van der Waals surface area contributed by atoms with Gasteiger partial charge < -0.3 is 10.6 Å². The first-order chi connectivity index (χ1) is 12.4. The molecule has 0 saturated heterocycles. The van der Waals surface area contributed by atoms with Gasteiger partial charge in [-0.3, -0.25) is 4.79 Å². The lowest BCUT2D eigenvalue weighted by atomic mass is 10.2. The molecule has 2 aromatic carbocycles. The minimum absolute atomic E-state index is 0.197. The van der Waals surface area contributed by atoms with E-state index in [9.17, 15) is 9.18 Å². The Morgan fingerprint density at radius 1 is 1.00 bits per heavy atom. The van der Waals surface area contributed by atoms with Crippen LogP contribution in [0, 0.1) is 19.7 Å². The number of aryl methyl sites for hydroxylation is 2. The van der Waals surface area contributed by atoms with Crippen molar-refractivity contribution >= 4 is 34.8 Å². The number of carbonyl (C=O) groups is 1. The van der Waals surface area contributed by atoms with Crippen LogP contribution in [-0.2, 0) is 0 Å². The second-order valence-corrected chi connectivity index (χ2v) is 6.18. The Morgan fingerprint density at radius 3 is 2.38 bits per heavy atom. The van der Waals surface area contributed by atoms with E-state index in [0.717, 1.165) is 11.3 Å². The van der Waals surface area contributed by atoms with Gasteiger partial charge in [-0.25, -0.2) is 14.4 Å². The van der Waals surface area contributed by atoms with E-state index in [-0.39, 0.29) is 17.5 Å². The molecule has 1 heterocycles. The largest absolute Gasteiger partial charge is 0.324 e. The van der Waals surface area contributed by atoms with Gasteiger partial charge in [-0.1, -0.05) is 17.7 Å². The quantitative estimate of drug-likeness (QED) is 0.686. The lowest BCUT2D eigenvalue weighted by Crippen LogP contribution is -2.15. The molecule has 0 fully saturated rings. The number of nitrogens with zero attached hydrogens (tertiary/aromatic N) is 2. The molecule has 0 unspecified atom stereocenters. The molecule has 0 aliphatic heterocycles. The van der Waals surface area contributed by atoms with Gasteiger partial charge in [0.15, 0.2) is 0 Å². The van der Waals surface area contributed by atoms with E-state index in [4.69, 9.17) is 11.6 Å². The summed E-state index contributed by atoms with van der Waals surface area (Å²) in [4.78, 5) is 20.9. The van der Waals surface area contributed by atoms with Crippen molar-refractivity contribution in [2.75, 3.05) is 10.6 Å². The highest BCUT2D eigenvalue weighted by Crippen LogP contribution is 2.22. The first-order valence-corrected chi connectivity index (χ1v) is 8.24. The second-order valence-electron chi connectivity index (χ2n) is 5.77. The van der Waals surface area contributed by atoms with Gasteiger partial charge >= 0.3 is 0 Å². The molecular formula is C19H16ClFN4O. The Hall–Kier alpha value is -2.99. The minimum atomic E-state index is -0.410. The van der Waals surface area contributed by atoms with E-state index < -0.39 is 5.91 Å². The maximum atomic E-state index is 13.0. The molecular weight excluding hydrogens is 355 g/mol. The molecule has 0 bridgehead atoms. The van der Waals surface area contributed by atoms with Crippen LogP contribution in [0.15, 0.2) is 48.5 Å². The molecule has 5 nitrogen and oxygen atoms in total. The van der Waals surface area contributed by atoms with E-state index in [1.54, 1.807) is 19.1 Å². The number of halogens is 2. The van der Waals surface area contributed by atoms with E-state index in [1.807, 2.05) is 19.1 Å². The summed E-state index contributed by atoms with van der Waals surface area (Å²) in [5.41, 5.74) is 2.98. The Balaban J connectivity index is 1.81. The normalized spacial score (nSPS) is 10.5. The van der Waals surface area contributed by atoms with Crippen molar-refractivity contribution in [2.45, 2.75) is 13.8 Å². The molecule has 132 valence electrons. The van der Waals surface area contributed by atoms with Gasteiger partial charge in [0.1, 0.15) is 11.5 Å². The van der Waals surface area contributed by atoms with E-state index >= 15 is 0 Å². The van der Waals surface area contributed by atoms with Crippen molar-refractivity contribution in [2.24, 2.45) is 0 Å². The molecule has 0 aliphatic carbocycles. The molecule has 0 radical (unpaired) electrons. The predicted octanol–water partition coefficient (Wildman–Crippen LogP) is 4.88. The van der Waals surface area contributed by atoms with Crippen LogP contribution in [-0.4, -0.2) is 15.9 Å². The third-order valence-electron chi connectivity index (χ3n) is 3.62. The van der Waals surface area contributed by atoms with Gasteiger partial charge in [0.2, 0.25) is 5.95 Å². The summed E-state index contributed by atoms with van der Waals surface area (Å²) in [6.45, 7) is 3.68. The first-order valence-electron chi connectivity index (χ1n) is 7.86. The third-order valence-corrected chi connectivity index (χ3v) is 4.02. The molecule has 3 rings (SSSR count). The van der Waals surface area contributed by atoms with Gasteiger partial charge in [0.25, 0.3) is 5.91 Å². The van der Waals surface area contributed by atoms with Crippen molar-refractivity contribution in [3.8, 4) is 0 Å². The maximum Gasteiger partial charge on any atom is 0.274 e. The highest BCUT2D eigenvalue weighted by molar-refractivity contribution is 6.31. The number of anilines is 3. The Morgan fingerprint density at radius 2 is 1.69 bits per heavy atom. The van der Waals surface area contributed by atoms with E-state index in [2.05, 4.69) is 20.6 Å². The van der Waals surface area contributed by atoms with Gasteiger partial charge in [0.05, 0.1) is 0 Å². The summed E-state index contributed by atoms with van der Waals surface area (Å²) in [6, 6.07) is 12.6. The lowest BCUT2D eigenvalue weighted by Gasteiger charge is -2.10. The maximum absolute atomic E-state index is 13.0. The highest BCUT2D eigenvalue weighted by Gasteiger charge is 2.12. The summed E-state index contributed by atoms with van der Waals surface area (Å²) in [6.07, 6.45) is 0. The molecule has 0 aliphatic rings. The summed E-state index contributed by atoms with van der Waals surface area (Å²) < 4.78 is 13.0. The van der Waals surface area contributed by atoms with Crippen LogP contribution in [0.2, 0.25) is 5.02 Å². The number of nitrogens with one attached hydrogen (secondary N) is 2. The number of hydrogen-bond acceptors (Lipinski definition) is 4. The van der Waals surface area contributed by atoms with Crippen LogP contribution in [0.3, 0.4) is 0 Å². The Bertz CT molecular complexity index is 960. The van der Waals surface area contributed by atoms with Crippen LogP contribution >= 0.6 is 11.6 Å². The molecule has 3 aromatic rings. The summed E-state index contributed by atoms with van der Waals surface area (Å²) in [7, 11) is 0. The van der Waals surface area contributed by atoms with Crippen LogP contribution in [0.5, 0.6) is 0 Å². The van der Waals surface area contributed by atoms with Crippen LogP contribution < -0.4 is 10.6 Å². The fourth-order valence-corrected chi connectivity index (χ4v) is 2.45. The standard InChI is InChI=1S/C19H16ClFN4O/c1-11-3-6-15(10-16(11)20)24-19-22-12(2)9-17(25-19)18(26)23-14-7-4-13(21)5-8-14/h3-10H,1-2H3,(H,23,26)(H,22,24,25). The fourth-order valence-electron chi connectivity index (χ4n) is 2.27. The molecule has 26 heavy (non-hydrogen) atoms. The summed E-state index contributed by atoms with van der Waals surface area (Å²) in [5.74, 6) is -0.495. The van der Waals surface area contributed by atoms with Crippen molar-refractivity contribution in [3.63, 3.8) is 0 Å². The zero-order chi connectivity index (χ0) is 18.7. The predicted molar refractivity (Wildman–Crippen MR) is 101 cm³/mol. The minimum Gasteiger partial charge on any atom is -0.324 e. The van der Waals surface area contributed by atoms with E-state index in [0.29, 0.717) is 16.4 Å². The average Bonchev–Trinajstić information content (AvgIpc) is 2.59. The zero-order valence-electron chi connectivity index (χ0n) is 14.2. The van der Waals surface area contributed by atoms with Crippen molar-refractivity contribution in [1.82, 2.24) is 9.97 Å². The molecule has 0 atom stereocenters. The van der Waals surface area contributed by atoms with Gasteiger partial charge in [-0.2, -0.15) is 0 Å². The monoisotopic (exact) mass is 370 g/mol. The molecule has 1 aromatic heterocycles. The SMILES string of the molecule is Cc1cc(C(=O)Nc2ccc(F)cc2)nc(Nc2ccc(C)c(Cl)c2)n1. The smallest absolute Gasteiger partial charge is 0.274 e. The van der Waals surface area contributed by atoms with Crippen LogP contribution in [0.4, 0.5) is 21.7 Å². The average molecular weight is 371 g/mol. The number of hydrogen-bond donors (Lipinski definition) is 2. The van der Waals surface area contributed by atoms with Crippen molar-refractivity contribution in [1.29, 1.82) is 0 Å². The van der Waals surface area contributed by atoms with Crippen LogP contribution in [0.1, 0.15) is 21.7 Å². The highest BCUT2D eigenvalue weighted by atomic mass is 35.5. The summed E-state index contributed by atoms with van der Waals surface area (Å²) in [5, 5.41) is 6.34. The van der Waals surface area contributed by atoms with Crippen molar-refractivity contribution in [3.05, 3.63) is 76.3 Å². The van der Waals surface area contributed by atoms with Gasteiger partial charge in [-0.15, -0.1) is 0 Å². The number of aromatic nitrogens is 2. The van der Waals surface area contributed by atoms with Gasteiger partial charge in [-0.05, 0) is 61.9 Å². The number of benzene rings is 2. The van der Waals surface area contributed by atoms with Gasteiger partial charge in [0, 0.05) is 22.1 Å². The molecule has 2 N–H and O–H groups in total. The van der Waals surface area contributed by atoms with Crippen molar-refractivity contribution < 1.29 is 9.18 Å². The number of carbonyl (C=O) groups excluding carboxylic acids is 1. The number of rotatable bonds is 4. The Labute approximate surface area is 155 Å². The number of amides is 1. The fraction of sp³-hybridized carbons (Fsp3) is 0.105. The second kappa shape index (κ2) is 7.49. The first kappa shape index (κ1) is 17.8. The molecule has 1 amide bonds. The van der Waals surface area contributed by atoms with Crippen LogP contribution in [0.25, 0.3) is 0 Å². The third kappa shape index (κ3) is 4.34. The molecule has 0 saturated carbocycles.